The number of benzene rings is 2. The van der Waals surface area contributed by atoms with Gasteiger partial charge in [0.05, 0.1) is 15.7 Å². The third-order valence-corrected chi connectivity index (χ3v) is 7.87. The zero-order valence-corrected chi connectivity index (χ0v) is 14.7. The predicted molar refractivity (Wildman–Crippen MR) is 95.7 cm³/mol. The minimum Gasteiger partial charge on any atom is -0.392 e. The Kier molecular flexibility index (Phi) is 4.79. The summed E-state index contributed by atoms with van der Waals surface area (Å²) in [5.74, 6) is -0.425. The van der Waals surface area contributed by atoms with E-state index in [1.165, 1.54) is 0 Å². The average molecular weight is 344 g/mol. The highest BCUT2D eigenvalue weighted by molar-refractivity contribution is 7.92. The van der Waals surface area contributed by atoms with E-state index in [-0.39, 0.29) is 0 Å². The van der Waals surface area contributed by atoms with Crippen molar-refractivity contribution in [1.82, 2.24) is 0 Å². The van der Waals surface area contributed by atoms with Crippen LogP contribution < -0.4 is 0 Å². The molecule has 0 heterocycles. The molecule has 2 aromatic rings. The van der Waals surface area contributed by atoms with Gasteiger partial charge >= 0.3 is 0 Å². The van der Waals surface area contributed by atoms with Gasteiger partial charge in [-0.05, 0) is 37.5 Å². The molecule has 24 heavy (non-hydrogen) atoms. The van der Waals surface area contributed by atoms with Crippen LogP contribution in [0.25, 0.3) is 0 Å². The van der Waals surface area contributed by atoms with E-state index in [0.717, 1.165) is 18.4 Å². The van der Waals surface area contributed by atoms with E-state index >= 15 is 0 Å². The molecule has 1 aliphatic carbocycles. The van der Waals surface area contributed by atoms with Gasteiger partial charge < -0.3 is 5.11 Å². The molecule has 0 radical (unpaired) electrons. The van der Waals surface area contributed by atoms with Crippen LogP contribution in [0.3, 0.4) is 0 Å². The highest BCUT2D eigenvalue weighted by Crippen LogP contribution is 2.46. The molecule has 0 aliphatic heterocycles. The Balaban J connectivity index is 2.16. The number of aliphatic hydroxyl groups is 1. The van der Waals surface area contributed by atoms with E-state index in [9.17, 15) is 13.5 Å². The van der Waals surface area contributed by atoms with Gasteiger partial charge in [0.25, 0.3) is 0 Å². The summed E-state index contributed by atoms with van der Waals surface area (Å²) in [6.45, 7) is 1.81. The second-order valence-electron chi connectivity index (χ2n) is 6.83. The minimum atomic E-state index is -3.58. The summed E-state index contributed by atoms with van der Waals surface area (Å²) in [5, 5.41) is 10.8. The maximum Gasteiger partial charge on any atom is 0.184 e. The van der Waals surface area contributed by atoms with E-state index in [0.29, 0.717) is 17.7 Å². The molecule has 1 N–H and O–H groups in total. The van der Waals surface area contributed by atoms with Crippen LogP contribution in [0, 0.1) is 0 Å². The van der Waals surface area contributed by atoms with Gasteiger partial charge in [-0.15, -0.1) is 0 Å². The van der Waals surface area contributed by atoms with Crippen molar-refractivity contribution in [1.29, 1.82) is 0 Å². The normalized spacial score (nSPS) is 28.2. The Morgan fingerprint density at radius 3 is 2.17 bits per heavy atom. The molecule has 0 spiro atoms. The topological polar surface area (TPSA) is 54.4 Å². The smallest absolute Gasteiger partial charge is 0.184 e. The molecule has 4 heteroatoms. The van der Waals surface area contributed by atoms with Crippen molar-refractivity contribution < 1.29 is 13.5 Å². The minimum absolute atomic E-state index is 0.336. The van der Waals surface area contributed by atoms with E-state index in [4.69, 9.17) is 0 Å². The molecule has 0 aromatic heterocycles. The largest absolute Gasteiger partial charge is 0.392 e. The summed E-state index contributed by atoms with van der Waals surface area (Å²) < 4.78 is 25.9. The second-order valence-corrected chi connectivity index (χ2v) is 9.24. The third-order valence-electron chi connectivity index (χ3n) is 5.29. The molecule has 3 rings (SSSR count). The highest BCUT2D eigenvalue weighted by atomic mass is 32.2. The lowest BCUT2D eigenvalue weighted by atomic mass is 9.81. The van der Waals surface area contributed by atoms with Crippen LogP contribution in [-0.4, -0.2) is 24.4 Å². The summed E-state index contributed by atoms with van der Waals surface area (Å²) in [6.07, 6.45) is 2.20. The summed E-state index contributed by atoms with van der Waals surface area (Å²) in [7, 11) is -3.58. The number of rotatable bonds is 3. The Bertz CT molecular complexity index is 771. The molecular formula is C20H24O3S. The van der Waals surface area contributed by atoms with Gasteiger partial charge in [-0.25, -0.2) is 8.42 Å². The summed E-state index contributed by atoms with van der Waals surface area (Å²) in [5.41, 5.74) is 0.897. The first-order chi connectivity index (χ1) is 11.5. The van der Waals surface area contributed by atoms with Crippen molar-refractivity contribution in [2.24, 2.45) is 0 Å². The van der Waals surface area contributed by atoms with Gasteiger partial charge in [-0.3, -0.25) is 0 Å². The Morgan fingerprint density at radius 1 is 0.958 bits per heavy atom. The van der Waals surface area contributed by atoms with Crippen molar-refractivity contribution in [2.45, 2.75) is 54.3 Å². The lowest BCUT2D eigenvalue weighted by molar-refractivity contribution is 0.123. The standard InChI is InChI=1S/C20H24O3S/c1-20(24(22,23)17-12-6-3-7-13-17)15-9-8-14-18(21)19(20)16-10-4-2-5-11-16/h2-7,10-13,18-19,21H,8-9,14-15H2,1H3. The van der Waals surface area contributed by atoms with Crippen LogP contribution in [0.4, 0.5) is 0 Å². The zero-order valence-electron chi connectivity index (χ0n) is 13.9. The van der Waals surface area contributed by atoms with E-state index in [1.54, 1.807) is 24.3 Å². The summed E-state index contributed by atoms with van der Waals surface area (Å²) in [4.78, 5) is 0.336. The van der Waals surface area contributed by atoms with Crippen molar-refractivity contribution in [3.63, 3.8) is 0 Å². The van der Waals surface area contributed by atoms with Gasteiger partial charge in [-0.1, -0.05) is 61.4 Å². The van der Waals surface area contributed by atoms with Crippen LogP contribution in [0.5, 0.6) is 0 Å². The molecule has 2 aromatic carbocycles. The fourth-order valence-electron chi connectivity index (χ4n) is 3.96. The molecular weight excluding hydrogens is 320 g/mol. The van der Waals surface area contributed by atoms with E-state index in [2.05, 4.69) is 0 Å². The van der Waals surface area contributed by atoms with Gasteiger partial charge in [0.15, 0.2) is 9.84 Å². The lowest BCUT2D eigenvalue weighted by Gasteiger charge is -2.38. The number of hydrogen-bond donors (Lipinski definition) is 1. The Morgan fingerprint density at radius 2 is 1.54 bits per heavy atom. The zero-order chi connectivity index (χ0) is 17.2. The molecule has 128 valence electrons. The fourth-order valence-corrected chi connectivity index (χ4v) is 6.06. The SMILES string of the molecule is CC1(S(=O)(=O)c2ccccc2)CCCCC(O)C1c1ccccc1. The number of hydrogen-bond acceptors (Lipinski definition) is 3. The predicted octanol–water partition coefficient (Wildman–Crippen LogP) is 3.94. The van der Waals surface area contributed by atoms with E-state index in [1.807, 2.05) is 43.3 Å². The van der Waals surface area contributed by atoms with Crippen LogP contribution >= 0.6 is 0 Å². The average Bonchev–Trinajstić information content (AvgIpc) is 2.75. The molecule has 3 nitrogen and oxygen atoms in total. The molecule has 3 atom stereocenters. The number of sulfone groups is 1. The van der Waals surface area contributed by atoms with Crippen LogP contribution in [0.15, 0.2) is 65.6 Å². The van der Waals surface area contributed by atoms with Crippen LogP contribution in [0.1, 0.15) is 44.1 Å². The number of aliphatic hydroxyl groups excluding tert-OH is 1. The quantitative estimate of drug-likeness (QED) is 0.858. The van der Waals surface area contributed by atoms with Crippen molar-refractivity contribution in [3.05, 3.63) is 66.2 Å². The first-order valence-corrected chi connectivity index (χ1v) is 9.98. The van der Waals surface area contributed by atoms with Gasteiger partial charge in [0.1, 0.15) is 0 Å². The molecule has 0 bridgehead atoms. The Labute approximate surface area is 144 Å². The molecule has 1 saturated carbocycles. The molecule has 0 saturated heterocycles. The van der Waals surface area contributed by atoms with Gasteiger partial charge in [0.2, 0.25) is 0 Å². The van der Waals surface area contributed by atoms with Gasteiger partial charge in [-0.2, -0.15) is 0 Å². The molecule has 0 amide bonds. The second kappa shape index (κ2) is 6.69. The fraction of sp³-hybridized carbons (Fsp3) is 0.400. The molecule has 3 unspecified atom stereocenters. The third kappa shape index (κ3) is 2.89. The maximum absolute atomic E-state index is 13.5. The monoisotopic (exact) mass is 344 g/mol. The lowest BCUT2D eigenvalue weighted by Crippen LogP contribution is -2.45. The summed E-state index contributed by atoms with van der Waals surface area (Å²) in [6, 6.07) is 18.2. The van der Waals surface area contributed by atoms with Crippen molar-refractivity contribution in [2.75, 3.05) is 0 Å². The first kappa shape index (κ1) is 17.2. The van der Waals surface area contributed by atoms with E-state index < -0.39 is 26.6 Å². The summed E-state index contributed by atoms with van der Waals surface area (Å²) >= 11 is 0. The maximum atomic E-state index is 13.5. The molecule has 1 fully saturated rings. The van der Waals surface area contributed by atoms with Crippen molar-refractivity contribution in [3.8, 4) is 0 Å². The Hall–Kier alpha value is -1.65. The first-order valence-electron chi connectivity index (χ1n) is 8.49. The van der Waals surface area contributed by atoms with Crippen molar-refractivity contribution >= 4 is 9.84 Å². The van der Waals surface area contributed by atoms with Crippen LogP contribution in [-0.2, 0) is 9.84 Å². The van der Waals surface area contributed by atoms with Crippen LogP contribution in [0.2, 0.25) is 0 Å². The van der Waals surface area contributed by atoms with Gasteiger partial charge in [0, 0.05) is 5.92 Å². The molecule has 1 aliphatic rings. The highest BCUT2D eigenvalue weighted by Gasteiger charge is 2.50.